The van der Waals surface area contributed by atoms with Crippen molar-refractivity contribution in [3.05, 3.63) is 54.1 Å². The van der Waals surface area contributed by atoms with Gasteiger partial charge in [-0.15, -0.1) is 10.2 Å². The summed E-state index contributed by atoms with van der Waals surface area (Å²) in [5.41, 5.74) is 2.96. The van der Waals surface area contributed by atoms with Gasteiger partial charge in [0.05, 0.1) is 5.52 Å². The summed E-state index contributed by atoms with van der Waals surface area (Å²) in [6.45, 7) is 5.31. The molecule has 5 rings (SSSR count). The van der Waals surface area contributed by atoms with Gasteiger partial charge in [-0.3, -0.25) is 0 Å². The number of para-hydroxylation sites is 1. The first-order valence-electron chi connectivity index (χ1n) is 10.1. The van der Waals surface area contributed by atoms with Crippen LogP contribution in [0.2, 0.25) is 0 Å². The lowest BCUT2D eigenvalue weighted by Gasteiger charge is -2.35. The second-order valence-electron chi connectivity index (χ2n) is 7.70. The molecule has 2 aromatic heterocycles. The second-order valence-corrected chi connectivity index (χ2v) is 7.70. The summed E-state index contributed by atoms with van der Waals surface area (Å²) in [5, 5.41) is 9.52. The number of piperidine rings is 1. The van der Waals surface area contributed by atoms with E-state index < -0.39 is 0 Å². The number of aromatic nitrogens is 4. The Bertz CT molecular complexity index is 1150. The van der Waals surface area contributed by atoms with E-state index in [-0.39, 0.29) is 0 Å². The zero-order valence-electron chi connectivity index (χ0n) is 16.7. The third-order valence-electron chi connectivity index (χ3n) is 5.57. The van der Waals surface area contributed by atoms with Crippen molar-refractivity contribution in [1.82, 2.24) is 20.2 Å². The Kier molecular flexibility index (Phi) is 4.46. The topological polar surface area (TPSA) is 67.9 Å². The summed E-state index contributed by atoms with van der Waals surface area (Å²) in [5.74, 6) is 2.25. The van der Waals surface area contributed by atoms with Crippen LogP contribution in [0.5, 0.6) is 0 Å². The molecule has 146 valence electrons. The highest BCUT2D eigenvalue weighted by Gasteiger charge is 2.24. The zero-order valence-corrected chi connectivity index (χ0v) is 16.7. The van der Waals surface area contributed by atoms with Crippen LogP contribution >= 0.6 is 0 Å². The molecule has 6 heteroatoms. The van der Waals surface area contributed by atoms with Crippen LogP contribution in [-0.2, 0) is 0 Å². The van der Waals surface area contributed by atoms with Crippen LogP contribution in [0.15, 0.2) is 52.9 Å². The minimum absolute atomic E-state index is 0.345. The molecule has 0 amide bonds. The molecule has 0 radical (unpaired) electrons. The Balaban J connectivity index is 1.60. The van der Waals surface area contributed by atoms with E-state index in [1.165, 1.54) is 24.8 Å². The summed E-state index contributed by atoms with van der Waals surface area (Å²) in [6, 6.07) is 16.6. The first-order chi connectivity index (χ1) is 14.2. The highest BCUT2D eigenvalue weighted by Crippen LogP contribution is 2.32. The van der Waals surface area contributed by atoms with Gasteiger partial charge in [0.1, 0.15) is 5.82 Å². The van der Waals surface area contributed by atoms with Crippen molar-refractivity contribution in [3.63, 3.8) is 0 Å². The summed E-state index contributed by atoms with van der Waals surface area (Å²) in [6.07, 6.45) is 3.61. The maximum atomic E-state index is 5.95. The third kappa shape index (κ3) is 3.35. The lowest BCUT2D eigenvalue weighted by molar-refractivity contribution is 0.482. The molecular weight excluding hydrogens is 362 g/mol. The van der Waals surface area contributed by atoms with Gasteiger partial charge in [-0.25, -0.2) is 9.97 Å². The van der Waals surface area contributed by atoms with Crippen LogP contribution in [0, 0.1) is 6.92 Å². The van der Waals surface area contributed by atoms with Crippen LogP contribution in [0.3, 0.4) is 0 Å². The molecule has 1 atom stereocenters. The van der Waals surface area contributed by atoms with Gasteiger partial charge < -0.3 is 9.32 Å². The van der Waals surface area contributed by atoms with E-state index in [1.807, 2.05) is 42.5 Å². The Morgan fingerprint density at radius 1 is 0.931 bits per heavy atom. The molecule has 1 aliphatic heterocycles. The van der Waals surface area contributed by atoms with E-state index in [0.717, 1.165) is 28.8 Å². The largest absolute Gasteiger partial charge is 0.413 e. The van der Waals surface area contributed by atoms with Gasteiger partial charge in [0.15, 0.2) is 0 Å². The molecule has 0 spiro atoms. The van der Waals surface area contributed by atoms with Crippen molar-refractivity contribution in [2.75, 3.05) is 11.4 Å². The highest BCUT2D eigenvalue weighted by molar-refractivity contribution is 5.90. The van der Waals surface area contributed by atoms with E-state index in [0.29, 0.717) is 23.6 Å². The number of anilines is 1. The standard InChI is InChI=1S/C23H23N5O/c1-15-10-12-17(13-11-15)22-26-27-23(29-22)20-24-19-9-4-3-8-18(19)21(25-20)28-14-6-5-7-16(28)2/h3-4,8-13,16H,5-7,14H2,1-2H3. The third-order valence-corrected chi connectivity index (χ3v) is 5.57. The second kappa shape index (κ2) is 7.28. The van der Waals surface area contributed by atoms with E-state index in [2.05, 4.69) is 35.0 Å². The molecule has 1 saturated heterocycles. The monoisotopic (exact) mass is 385 g/mol. The van der Waals surface area contributed by atoms with Crippen molar-refractivity contribution in [1.29, 1.82) is 0 Å². The van der Waals surface area contributed by atoms with Gasteiger partial charge in [0.2, 0.25) is 11.7 Å². The molecule has 1 fully saturated rings. The van der Waals surface area contributed by atoms with E-state index >= 15 is 0 Å². The van der Waals surface area contributed by atoms with Crippen molar-refractivity contribution in [2.24, 2.45) is 0 Å². The van der Waals surface area contributed by atoms with E-state index in [4.69, 9.17) is 14.4 Å². The number of hydrogen-bond acceptors (Lipinski definition) is 6. The number of rotatable bonds is 3. The smallest absolute Gasteiger partial charge is 0.286 e. The molecule has 0 bridgehead atoms. The van der Waals surface area contributed by atoms with Gasteiger partial charge in [0, 0.05) is 23.5 Å². The summed E-state index contributed by atoms with van der Waals surface area (Å²) in [7, 11) is 0. The summed E-state index contributed by atoms with van der Waals surface area (Å²) < 4.78 is 5.95. The van der Waals surface area contributed by atoms with Gasteiger partial charge in [-0.05, 0) is 57.4 Å². The van der Waals surface area contributed by atoms with Gasteiger partial charge in [0.25, 0.3) is 5.89 Å². The average molecular weight is 385 g/mol. The molecule has 29 heavy (non-hydrogen) atoms. The van der Waals surface area contributed by atoms with Gasteiger partial charge in [-0.1, -0.05) is 29.8 Å². The Hall–Kier alpha value is -3.28. The molecular formula is C23H23N5O. The van der Waals surface area contributed by atoms with Crippen LogP contribution in [0.25, 0.3) is 34.1 Å². The van der Waals surface area contributed by atoms with Gasteiger partial charge in [-0.2, -0.15) is 0 Å². The van der Waals surface area contributed by atoms with E-state index in [1.54, 1.807) is 0 Å². The fourth-order valence-electron chi connectivity index (χ4n) is 3.91. The molecule has 3 heterocycles. The maximum Gasteiger partial charge on any atom is 0.286 e. The molecule has 0 aliphatic carbocycles. The molecule has 0 saturated carbocycles. The molecule has 2 aromatic carbocycles. The first-order valence-corrected chi connectivity index (χ1v) is 10.1. The molecule has 6 nitrogen and oxygen atoms in total. The first kappa shape index (κ1) is 17.8. The molecule has 1 aliphatic rings. The Morgan fingerprint density at radius 2 is 1.72 bits per heavy atom. The quantitative estimate of drug-likeness (QED) is 0.492. The van der Waals surface area contributed by atoms with Crippen molar-refractivity contribution >= 4 is 16.7 Å². The fourth-order valence-corrected chi connectivity index (χ4v) is 3.91. The van der Waals surface area contributed by atoms with Crippen molar-refractivity contribution in [3.8, 4) is 23.2 Å². The lowest BCUT2D eigenvalue weighted by Crippen LogP contribution is -2.38. The number of benzene rings is 2. The molecule has 0 N–H and O–H groups in total. The predicted octanol–water partition coefficient (Wildman–Crippen LogP) is 5.03. The highest BCUT2D eigenvalue weighted by atomic mass is 16.4. The normalized spacial score (nSPS) is 17.0. The number of aryl methyl sites for hydroxylation is 1. The number of nitrogens with zero attached hydrogens (tertiary/aromatic N) is 5. The fraction of sp³-hybridized carbons (Fsp3) is 0.304. The van der Waals surface area contributed by atoms with E-state index in [9.17, 15) is 0 Å². The predicted molar refractivity (Wildman–Crippen MR) is 114 cm³/mol. The minimum Gasteiger partial charge on any atom is -0.413 e. The molecule has 4 aromatic rings. The Labute approximate surface area is 169 Å². The van der Waals surface area contributed by atoms with Crippen LogP contribution in [0.1, 0.15) is 31.7 Å². The minimum atomic E-state index is 0.345. The van der Waals surface area contributed by atoms with Crippen molar-refractivity contribution < 1.29 is 4.42 Å². The number of hydrogen-bond donors (Lipinski definition) is 0. The zero-order chi connectivity index (χ0) is 19.8. The average Bonchev–Trinajstić information content (AvgIpc) is 3.24. The Morgan fingerprint density at radius 3 is 2.55 bits per heavy atom. The molecule has 1 unspecified atom stereocenters. The lowest BCUT2D eigenvalue weighted by atomic mass is 10.0. The van der Waals surface area contributed by atoms with Crippen LogP contribution in [0.4, 0.5) is 5.82 Å². The number of fused-ring (bicyclic) bond motifs is 1. The SMILES string of the molecule is Cc1ccc(-c2nnc(-c3nc(N4CCCCC4C)c4ccccc4n3)o2)cc1. The van der Waals surface area contributed by atoms with Crippen LogP contribution in [-0.4, -0.2) is 32.8 Å². The summed E-state index contributed by atoms with van der Waals surface area (Å²) >= 11 is 0. The summed E-state index contributed by atoms with van der Waals surface area (Å²) in [4.78, 5) is 12.0. The van der Waals surface area contributed by atoms with Crippen molar-refractivity contribution in [2.45, 2.75) is 39.2 Å². The van der Waals surface area contributed by atoms with Gasteiger partial charge >= 0.3 is 0 Å². The maximum absolute atomic E-state index is 5.95. The van der Waals surface area contributed by atoms with Crippen LogP contribution < -0.4 is 4.90 Å².